The number of benzene rings is 1. The fourth-order valence-corrected chi connectivity index (χ4v) is 4.00. The zero-order valence-electron chi connectivity index (χ0n) is 18.9. The minimum absolute atomic E-state index is 0. The number of piperazine rings is 1. The monoisotopic (exact) mass is 550 g/mol. The van der Waals surface area contributed by atoms with Gasteiger partial charge in [-0.25, -0.2) is 4.39 Å². The van der Waals surface area contributed by atoms with E-state index in [0.717, 1.165) is 76.8 Å². The van der Waals surface area contributed by atoms with Gasteiger partial charge in [0.05, 0.1) is 19.3 Å². The van der Waals surface area contributed by atoms with Gasteiger partial charge in [0.1, 0.15) is 0 Å². The van der Waals surface area contributed by atoms with Crippen molar-refractivity contribution < 1.29 is 18.6 Å². The van der Waals surface area contributed by atoms with Crippen LogP contribution in [0, 0.1) is 5.82 Å². The molecule has 0 bridgehead atoms. The molecule has 7 nitrogen and oxygen atoms in total. The van der Waals surface area contributed by atoms with Gasteiger partial charge < -0.3 is 24.4 Å². The second-order valence-corrected chi connectivity index (χ2v) is 7.90. The lowest BCUT2D eigenvalue weighted by atomic mass is 9.94. The molecule has 2 heterocycles. The summed E-state index contributed by atoms with van der Waals surface area (Å²) < 4.78 is 30.3. The quantitative estimate of drug-likeness (QED) is 0.320. The number of hydrogen-bond donors (Lipinski definition) is 1. The summed E-state index contributed by atoms with van der Waals surface area (Å²) in [5.74, 6) is 0.916. The normalized spacial score (nSPS) is 19.6. The lowest BCUT2D eigenvalue weighted by molar-refractivity contribution is -0.0829. The fourth-order valence-electron chi connectivity index (χ4n) is 4.00. The van der Waals surface area contributed by atoms with Gasteiger partial charge >= 0.3 is 0 Å². The molecule has 2 aliphatic rings. The Kier molecular flexibility index (Phi) is 10.7. The molecule has 2 saturated heterocycles. The lowest BCUT2D eigenvalue weighted by Gasteiger charge is -2.38. The summed E-state index contributed by atoms with van der Waals surface area (Å²) in [7, 11) is 3.26. The van der Waals surface area contributed by atoms with E-state index in [-0.39, 0.29) is 41.1 Å². The summed E-state index contributed by atoms with van der Waals surface area (Å²) in [6, 6.07) is 5.19. The maximum Gasteiger partial charge on any atom is 0.194 e. The van der Waals surface area contributed by atoms with Gasteiger partial charge in [-0.3, -0.25) is 9.89 Å². The predicted molar refractivity (Wildman–Crippen MR) is 131 cm³/mol. The average Bonchev–Trinajstić information content (AvgIpc) is 2.78. The van der Waals surface area contributed by atoms with Gasteiger partial charge in [-0.2, -0.15) is 0 Å². The second-order valence-electron chi connectivity index (χ2n) is 7.90. The lowest BCUT2D eigenvalue weighted by Crippen LogP contribution is -2.52. The first kappa shape index (κ1) is 26.1. The summed E-state index contributed by atoms with van der Waals surface area (Å²) in [5.41, 5.74) is 0.739. The summed E-state index contributed by atoms with van der Waals surface area (Å²) >= 11 is 0. The van der Waals surface area contributed by atoms with E-state index in [0.29, 0.717) is 6.54 Å². The van der Waals surface area contributed by atoms with E-state index in [1.54, 1.807) is 19.2 Å². The Labute approximate surface area is 202 Å². The summed E-state index contributed by atoms with van der Waals surface area (Å²) in [6.45, 7) is 9.31. The molecule has 2 fully saturated rings. The molecule has 0 radical (unpaired) electrons. The van der Waals surface area contributed by atoms with Crippen molar-refractivity contribution in [2.45, 2.75) is 31.9 Å². The van der Waals surface area contributed by atoms with E-state index in [9.17, 15) is 4.39 Å². The van der Waals surface area contributed by atoms with Crippen molar-refractivity contribution in [1.29, 1.82) is 0 Å². The molecule has 0 unspecified atom stereocenters. The Morgan fingerprint density at radius 3 is 2.48 bits per heavy atom. The smallest absolute Gasteiger partial charge is 0.194 e. The largest absolute Gasteiger partial charge is 0.494 e. The Balaban J connectivity index is 0.00000341. The van der Waals surface area contributed by atoms with Gasteiger partial charge in [0.15, 0.2) is 17.5 Å². The molecule has 176 valence electrons. The number of ether oxygens (including phenoxy) is 3. The third-order valence-corrected chi connectivity index (χ3v) is 5.98. The average molecular weight is 550 g/mol. The summed E-state index contributed by atoms with van der Waals surface area (Å²) in [5, 5.41) is 3.43. The van der Waals surface area contributed by atoms with E-state index in [4.69, 9.17) is 19.2 Å². The molecule has 0 atom stereocenters. The Morgan fingerprint density at radius 2 is 1.90 bits per heavy atom. The number of hydrogen-bond acceptors (Lipinski definition) is 5. The number of nitrogens with zero attached hydrogens (tertiary/aromatic N) is 3. The van der Waals surface area contributed by atoms with Crippen LogP contribution in [0.25, 0.3) is 0 Å². The zero-order valence-corrected chi connectivity index (χ0v) is 21.2. The Hall–Kier alpha value is -1.17. The van der Waals surface area contributed by atoms with Crippen LogP contribution in [0.15, 0.2) is 23.2 Å². The topological polar surface area (TPSA) is 58.6 Å². The number of rotatable bonds is 7. The second kappa shape index (κ2) is 12.8. The summed E-state index contributed by atoms with van der Waals surface area (Å²) in [6.07, 6.45) is 1.75. The van der Waals surface area contributed by atoms with Crippen molar-refractivity contribution in [2.75, 3.05) is 66.7 Å². The van der Waals surface area contributed by atoms with Gasteiger partial charge in [0.25, 0.3) is 0 Å². The van der Waals surface area contributed by atoms with Gasteiger partial charge in [0, 0.05) is 72.4 Å². The minimum Gasteiger partial charge on any atom is -0.494 e. The molecule has 0 amide bonds. The van der Waals surface area contributed by atoms with Crippen LogP contribution >= 0.6 is 24.0 Å². The number of aliphatic imine (C=N–C) groups is 1. The van der Waals surface area contributed by atoms with Crippen LogP contribution in [0.5, 0.6) is 5.75 Å². The van der Waals surface area contributed by atoms with E-state index < -0.39 is 0 Å². The number of methoxy groups -OCH3 is 2. The van der Waals surface area contributed by atoms with E-state index in [1.807, 2.05) is 6.07 Å². The maximum absolute atomic E-state index is 14.0. The van der Waals surface area contributed by atoms with Crippen molar-refractivity contribution >= 4 is 29.9 Å². The molecular formula is C22H36FIN4O3. The first-order valence-electron chi connectivity index (χ1n) is 10.8. The molecule has 1 N–H and O–H groups in total. The predicted octanol–water partition coefficient (Wildman–Crippen LogP) is 2.73. The van der Waals surface area contributed by atoms with Crippen LogP contribution in [0.2, 0.25) is 0 Å². The van der Waals surface area contributed by atoms with Crippen LogP contribution in [0.4, 0.5) is 4.39 Å². The Morgan fingerprint density at radius 1 is 1.19 bits per heavy atom. The molecule has 0 aliphatic carbocycles. The van der Waals surface area contributed by atoms with E-state index >= 15 is 0 Å². The van der Waals surface area contributed by atoms with Gasteiger partial charge in [0.2, 0.25) is 0 Å². The van der Waals surface area contributed by atoms with E-state index in [1.165, 1.54) is 7.11 Å². The van der Waals surface area contributed by atoms with Crippen LogP contribution in [0.3, 0.4) is 0 Å². The van der Waals surface area contributed by atoms with Crippen molar-refractivity contribution in [3.05, 3.63) is 29.6 Å². The van der Waals surface area contributed by atoms with Crippen molar-refractivity contribution in [3.8, 4) is 5.75 Å². The molecule has 31 heavy (non-hydrogen) atoms. The highest BCUT2D eigenvalue weighted by Gasteiger charge is 2.33. The molecule has 0 spiro atoms. The summed E-state index contributed by atoms with van der Waals surface area (Å²) in [4.78, 5) is 9.56. The van der Waals surface area contributed by atoms with Crippen LogP contribution < -0.4 is 10.1 Å². The maximum atomic E-state index is 14.0. The van der Waals surface area contributed by atoms with Gasteiger partial charge in [-0.05, 0) is 24.6 Å². The highest BCUT2D eigenvalue weighted by atomic mass is 127. The molecule has 1 aromatic rings. The highest BCUT2D eigenvalue weighted by molar-refractivity contribution is 14.0. The fraction of sp³-hybridized carbons (Fsp3) is 0.682. The molecule has 2 aliphatic heterocycles. The van der Waals surface area contributed by atoms with Crippen molar-refractivity contribution in [1.82, 2.24) is 15.1 Å². The molecule has 0 saturated carbocycles. The molecule has 9 heteroatoms. The highest BCUT2D eigenvalue weighted by Crippen LogP contribution is 2.25. The Bertz CT molecular complexity index is 708. The van der Waals surface area contributed by atoms with Gasteiger partial charge in [-0.1, -0.05) is 6.07 Å². The first-order valence-corrected chi connectivity index (χ1v) is 10.8. The molecule has 1 aromatic carbocycles. The third-order valence-electron chi connectivity index (χ3n) is 5.98. The molecule has 3 rings (SSSR count). The number of guanidine groups is 1. The van der Waals surface area contributed by atoms with Crippen molar-refractivity contribution in [3.63, 3.8) is 0 Å². The minimum atomic E-state index is -0.310. The van der Waals surface area contributed by atoms with Crippen molar-refractivity contribution in [2.24, 2.45) is 4.99 Å². The standard InChI is InChI=1S/C22H35FN4O3.HI/c1-4-24-21(25-17-22(29-3)7-13-30-14-8-22)27-11-9-26(10-12-27)16-18-5-6-20(28-2)19(23)15-18;/h5-6,15H,4,7-14,16-17H2,1-3H3,(H,24,25);1H. The molecule has 0 aromatic heterocycles. The van der Waals surface area contributed by atoms with E-state index in [2.05, 4.69) is 22.0 Å². The first-order chi connectivity index (χ1) is 14.6. The van der Waals surface area contributed by atoms with Crippen LogP contribution in [0.1, 0.15) is 25.3 Å². The van der Waals surface area contributed by atoms with Crippen LogP contribution in [-0.4, -0.2) is 88.1 Å². The number of halogens is 2. The number of nitrogens with one attached hydrogen (secondary N) is 1. The van der Waals surface area contributed by atoms with Gasteiger partial charge in [-0.15, -0.1) is 24.0 Å². The van der Waals surface area contributed by atoms with Crippen LogP contribution in [-0.2, 0) is 16.0 Å². The zero-order chi connectivity index (χ0) is 21.4. The molecular weight excluding hydrogens is 514 g/mol. The SMILES string of the molecule is CCNC(=NCC1(OC)CCOCC1)N1CCN(Cc2ccc(OC)c(F)c2)CC1.I. The third kappa shape index (κ3) is 7.16.